The molecule has 1 aliphatic rings. The third kappa shape index (κ3) is 5.27. The maximum atomic E-state index is 10.8. The third-order valence-electron chi connectivity index (χ3n) is 5.17. The normalized spacial score (nSPS) is 16.1. The Morgan fingerprint density at radius 3 is 2.47 bits per heavy atom. The van der Waals surface area contributed by atoms with Gasteiger partial charge >= 0.3 is 0 Å². The number of aliphatic imine (C=N–C) groups is 1. The number of nitrogens with zero attached hydrogens (tertiary/aromatic N) is 1. The highest BCUT2D eigenvalue weighted by atomic mass is 16.6. The van der Waals surface area contributed by atoms with Gasteiger partial charge in [0.25, 0.3) is 0 Å². The molecule has 1 aromatic carbocycles. The molecule has 0 aliphatic carbocycles. The first-order valence-corrected chi connectivity index (χ1v) is 10.4. The molecule has 0 saturated carbocycles. The predicted molar refractivity (Wildman–Crippen MR) is 117 cm³/mol. The van der Waals surface area contributed by atoms with Crippen LogP contribution in [0.1, 0.15) is 44.8 Å². The quantitative estimate of drug-likeness (QED) is 0.476. The van der Waals surface area contributed by atoms with Gasteiger partial charge in [0.15, 0.2) is 17.5 Å². The van der Waals surface area contributed by atoms with Gasteiger partial charge in [-0.25, -0.2) is 0 Å². The molecule has 2 heterocycles. The van der Waals surface area contributed by atoms with Crippen LogP contribution in [0.25, 0.3) is 0 Å². The van der Waals surface area contributed by atoms with Gasteiger partial charge in [-0.2, -0.15) is 0 Å². The molecule has 0 bridgehead atoms. The van der Waals surface area contributed by atoms with E-state index in [0.29, 0.717) is 31.5 Å². The first kappa shape index (κ1) is 22.0. The number of hydrogen-bond donors (Lipinski definition) is 3. The summed E-state index contributed by atoms with van der Waals surface area (Å²) in [5.74, 6) is 3.51. The summed E-state index contributed by atoms with van der Waals surface area (Å²) in [6, 6.07) is 9.70. The summed E-state index contributed by atoms with van der Waals surface area (Å²) in [6.07, 6.45) is 0. The Morgan fingerprint density at radius 1 is 1.07 bits per heavy atom. The molecule has 30 heavy (non-hydrogen) atoms. The number of furan rings is 1. The van der Waals surface area contributed by atoms with Crippen LogP contribution in [0.5, 0.6) is 11.5 Å². The molecular weight excluding hydrogens is 382 g/mol. The fourth-order valence-electron chi connectivity index (χ4n) is 3.24. The zero-order chi connectivity index (χ0) is 21.8. The number of hydrogen-bond acceptors (Lipinski definition) is 5. The van der Waals surface area contributed by atoms with Crippen LogP contribution in [-0.4, -0.2) is 43.9 Å². The lowest BCUT2D eigenvalue weighted by Gasteiger charge is -2.27. The number of aryl methyl sites for hydroxylation is 1. The van der Waals surface area contributed by atoms with E-state index in [4.69, 9.17) is 18.9 Å². The Kier molecular flexibility index (Phi) is 6.61. The van der Waals surface area contributed by atoms with Gasteiger partial charge in [0.2, 0.25) is 0 Å². The highest BCUT2D eigenvalue weighted by molar-refractivity contribution is 5.79. The van der Waals surface area contributed by atoms with E-state index in [-0.39, 0.29) is 12.0 Å². The van der Waals surface area contributed by atoms with Crippen molar-refractivity contribution in [3.8, 4) is 11.5 Å². The molecule has 7 heteroatoms. The number of aliphatic hydroxyl groups is 1. The van der Waals surface area contributed by atoms with E-state index in [1.165, 1.54) is 0 Å². The Balaban J connectivity index is 1.68. The molecule has 2 aromatic rings. The molecule has 0 amide bonds. The number of benzene rings is 1. The van der Waals surface area contributed by atoms with Crippen LogP contribution < -0.4 is 20.1 Å². The molecule has 0 spiro atoms. The predicted octanol–water partition coefficient (Wildman–Crippen LogP) is 3.10. The fraction of sp³-hybridized carbons (Fsp3) is 0.522. The fourth-order valence-corrected chi connectivity index (χ4v) is 3.24. The van der Waals surface area contributed by atoms with Crippen molar-refractivity contribution in [2.24, 2.45) is 4.99 Å². The van der Waals surface area contributed by atoms with Gasteiger partial charge in [-0.15, -0.1) is 0 Å². The molecule has 1 aliphatic heterocycles. The van der Waals surface area contributed by atoms with E-state index >= 15 is 0 Å². The van der Waals surface area contributed by atoms with Crippen LogP contribution in [0, 0.1) is 6.92 Å². The van der Waals surface area contributed by atoms with E-state index < -0.39 is 5.60 Å². The lowest BCUT2D eigenvalue weighted by molar-refractivity contribution is 0.0378. The number of rotatable bonds is 7. The molecule has 1 unspecified atom stereocenters. The Bertz CT molecular complexity index is 886. The van der Waals surface area contributed by atoms with E-state index in [1.54, 1.807) is 13.0 Å². The van der Waals surface area contributed by atoms with Crippen LogP contribution in [0.2, 0.25) is 0 Å². The summed E-state index contributed by atoms with van der Waals surface area (Å²) in [5.41, 5.74) is -0.223. The van der Waals surface area contributed by atoms with Crippen LogP contribution >= 0.6 is 0 Å². The average Bonchev–Trinajstić information content (AvgIpc) is 3.17. The van der Waals surface area contributed by atoms with Crippen molar-refractivity contribution >= 4 is 5.96 Å². The zero-order valence-electron chi connectivity index (χ0n) is 18.5. The second-order valence-electron chi connectivity index (χ2n) is 8.48. The maximum Gasteiger partial charge on any atom is 0.191 e. The van der Waals surface area contributed by atoms with Crippen molar-refractivity contribution in [3.05, 3.63) is 47.4 Å². The van der Waals surface area contributed by atoms with Crippen molar-refractivity contribution < 1.29 is 19.0 Å². The molecule has 164 valence electrons. The highest BCUT2D eigenvalue weighted by Crippen LogP contribution is 2.35. The van der Waals surface area contributed by atoms with Gasteiger partial charge in [0.05, 0.1) is 13.1 Å². The molecule has 1 aromatic heterocycles. The van der Waals surface area contributed by atoms with Crippen molar-refractivity contribution in [1.82, 2.24) is 10.6 Å². The number of guanidine groups is 1. The monoisotopic (exact) mass is 415 g/mol. The number of ether oxygens (including phenoxy) is 2. The average molecular weight is 416 g/mol. The van der Waals surface area contributed by atoms with Crippen molar-refractivity contribution in [1.29, 1.82) is 0 Å². The van der Waals surface area contributed by atoms with Crippen LogP contribution in [0.3, 0.4) is 0 Å². The maximum absolute atomic E-state index is 10.8. The summed E-state index contributed by atoms with van der Waals surface area (Å²) >= 11 is 0. The SMILES string of the molecule is CCNC(=NCC(C)(C)c1ccc2c(c1)OCCO2)NCC(C)(O)c1ccc(C)o1. The van der Waals surface area contributed by atoms with E-state index in [9.17, 15) is 5.11 Å². The van der Waals surface area contributed by atoms with Gasteiger partial charge in [0.1, 0.15) is 30.3 Å². The van der Waals surface area contributed by atoms with E-state index in [0.717, 1.165) is 29.4 Å². The lowest BCUT2D eigenvalue weighted by atomic mass is 9.84. The first-order valence-electron chi connectivity index (χ1n) is 10.4. The number of nitrogens with one attached hydrogen (secondary N) is 2. The second-order valence-corrected chi connectivity index (χ2v) is 8.48. The molecule has 1 atom stereocenters. The van der Waals surface area contributed by atoms with Crippen molar-refractivity contribution in [3.63, 3.8) is 0 Å². The minimum atomic E-state index is -1.14. The lowest BCUT2D eigenvalue weighted by Crippen LogP contribution is -2.45. The van der Waals surface area contributed by atoms with E-state index in [2.05, 4.69) is 30.5 Å². The summed E-state index contributed by atoms with van der Waals surface area (Å²) < 4.78 is 16.9. The minimum absolute atomic E-state index is 0.209. The molecule has 0 fully saturated rings. The molecular formula is C23H33N3O4. The van der Waals surface area contributed by atoms with Crippen molar-refractivity contribution in [2.45, 2.75) is 45.6 Å². The number of fused-ring (bicyclic) bond motifs is 1. The third-order valence-corrected chi connectivity index (χ3v) is 5.17. The molecule has 3 rings (SSSR count). The Morgan fingerprint density at radius 2 is 1.80 bits per heavy atom. The topological polar surface area (TPSA) is 88.3 Å². The summed E-state index contributed by atoms with van der Waals surface area (Å²) in [7, 11) is 0. The minimum Gasteiger partial charge on any atom is -0.486 e. The summed E-state index contributed by atoms with van der Waals surface area (Å²) in [5, 5.41) is 17.2. The Hall–Kier alpha value is -2.67. The summed E-state index contributed by atoms with van der Waals surface area (Å²) in [6.45, 7) is 12.6. The molecule has 3 N–H and O–H groups in total. The second kappa shape index (κ2) is 9.00. The molecule has 0 radical (unpaired) electrons. The van der Waals surface area contributed by atoms with Gasteiger partial charge in [-0.3, -0.25) is 4.99 Å². The zero-order valence-corrected chi connectivity index (χ0v) is 18.5. The van der Waals surface area contributed by atoms with Gasteiger partial charge in [-0.1, -0.05) is 19.9 Å². The largest absolute Gasteiger partial charge is 0.486 e. The smallest absolute Gasteiger partial charge is 0.191 e. The van der Waals surface area contributed by atoms with Crippen LogP contribution in [-0.2, 0) is 11.0 Å². The summed E-state index contributed by atoms with van der Waals surface area (Å²) in [4.78, 5) is 4.76. The highest BCUT2D eigenvalue weighted by Gasteiger charge is 2.28. The van der Waals surface area contributed by atoms with Gasteiger partial charge < -0.3 is 29.6 Å². The van der Waals surface area contributed by atoms with Crippen LogP contribution in [0.15, 0.2) is 39.7 Å². The molecule has 7 nitrogen and oxygen atoms in total. The molecule has 0 saturated heterocycles. The van der Waals surface area contributed by atoms with Gasteiger partial charge in [0, 0.05) is 12.0 Å². The first-order chi connectivity index (χ1) is 14.2. The Labute approximate surface area is 178 Å². The van der Waals surface area contributed by atoms with Crippen LogP contribution in [0.4, 0.5) is 0 Å². The standard InChI is InChI=1S/C23H33N3O4/c1-6-24-21(26-15-23(5,27)20-10-7-16(2)30-20)25-14-22(3,4)17-8-9-18-19(13-17)29-12-11-28-18/h7-10,13,27H,6,11-12,14-15H2,1-5H3,(H2,24,25,26). The van der Waals surface area contributed by atoms with Crippen molar-refractivity contribution in [2.75, 3.05) is 32.8 Å². The van der Waals surface area contributed by atoms with Gasteiger partial charge in [-0.05, 0) is 50.6 Å². The van der Waals surface area contributed by atoms with E-state index in [1.807, 2.05) is 32.0 Å².